The van der Waals surface area contributed by atoms with Crippen LogP contribution in [0.4, 0.5) is 5.69 Å². The molecule has 2 aromatic carbocycles. The van der Waals surface area contributed by atoms with Crippen LogP contribution >= 0.6 is 0 Å². The van der Waals surface area contributed by atoms with E-state index in [2.05, 4.69) is 15.6 Å². The number of nitrogens with one attached hydrogen (secondary N) is 3. The van der Waals surface area contributed by atoms with Gasteiger partial charge in [0, 0.05) is 29.1 Å². The maximum absolute atomic E-state index is 13.1. The van der Waals surface area contributed by atoms with Gasteiger partial charge in [-0.1, -0.05) is 30.3 Å². The predicted molar refractivity (Wildman–Crippen MR) is 129 cm³/mol. The Balaban J connectivity index is 1.64. The van der Waals surface area contributed by atoms with Crippen molar-refractivity contribution in [3.63, 3.8) is 0 Å². The Bertz CT molecular complexity index is 1390. The summed E-state index contributed by atoms with van der Waals surface area (Å²) in [5.41, 5.74) is 3.84. The Labute approximate surface area is 200 Å². The van der Waals surface area contributed by atoms with E-state index in [1.54, 1.807) is 44.2 Å². The van der Waals surface area contributed by atoms with E-state index in [0.29, 0.717) is 28.2 Å². The van der Waals surface area contributed by atoms with Crippen LogP contribution < -0.4 is 10.6 Å². The standard InChI is InChI=1S/C26H23N3O6/c1-13-20(12-18-17-11-16(25(32)33)8-9-19(17)28-23(18)30)27-14(2)22(13)24(31)29-21(26(34)35)10-15-6-4-3-5-7-15/h3-9,11-12,21,27H,10H2,1-2H3,(H,28,30)(H,29,31)(H,32,33)(H,34,35)/b18-12-/t21-/m0/s1. The van der Waals surface area contributed by atoms with Crippen LogP contribution in [0.25, 0.3) is 11.6 Å². The first kappa shape index (κ1) is 23.5. The van der Waals surface area contributed by atoms with E-state index >= 15 is 0 Å². The number of carbonyl (C=O) groups is 4. The molecule has 178 valence electrons. The molecule has 0 saturated heterocycles. The molecule has 9 nitrogen and oxygen atoms in total. The van der Waals surface area contributed by atoms with Gasteiger partial charge in [0.2, 0.25) is 0 Å². The van der Waals surface area contributed by atoms with Crippen molar-refractivity contribution in [2.24, 2.45) is 0 Å². The molecule has 0 spiro atoms. The summed E-state index contributed by atoms with van der Waals surface area (Å²) in [7, 11) is 0. The SMILES string of the molecule is Cc1[nH]c(/C=C2\C(=O)Nc3ccc(C(=O)O)cc32)c(C)c1C(=O)N[C@@H](Cc1ccccc1)C(=O)O. The van der Waals surface area contributed by atoms with Gasteiger partial charge in [-0.3, -0.25) is 9.59 Å². The number of aliphatic carboxylic acids is 1. The number of carboxylic acid groups (broad SMARTS) is 2. The minimum Gasteiger partial charge on any atom is -0.480 e. The number of rotatable bonds is 7. The first-order chi connectivity index (χ1) is 16.7. The van der Waals surface area contributed by atoms with E-state index in [4.69, 9.17) is 0 Å². The van der Waals surface area contributed by atoms with Crippen molar-refractivity contribution in [1.82, 2.24) is 10.3 Å². The largest absolute Gasteiger partial charge is 0.480 e. The van der Waals surface area contributed by atoms with Crippen LogP contribution in [0.2, 0.25) is 0 Å². The Morgan fingerprint density at radius 2 is 1.77 bits per heavy atom. The zero-order valence-electron chi connectivity index (χ0n) is 19.0. The molecule has 0 aliphatic carbocycles. The number of hydrogen-bond donors (Lipinski definition) is 5. The number of aromatic carboxylic acids is 1. The van der Waals surface area contributed by atoms with Crippen molar-refractivity contribution >= 4 is 41.1 Å². The first-order valence-corrected chi connectivity index (χ1v) is 10.8. The average molecular weight is 473 g/mol. The lowest BCUT2D eigenvalue weighted by atomic mass is 10.0. The van der Waals surface area contributed by atoms with Gasteiger partial charge in [0.25, 0.3) is 11.8 Å². The molecule has 4 rings (SSSR count). The van der Waals surface area contributed by atoms with Crippen molar-refractivity contribution < 1.29 is 29.4 Å². The summed E-state index contributed by atoms with van der Waals surface area (Å²) in [4.78, 5) is 51.9. The highest BCUT2D eigenvalue weighted by molar-refractivity contribution is 6.35. The summed E-state index contributed by atoms with van der Waals surface area (Å²) in [5, 5.41) is 24.2. The van der Waals surface area contributed by atoms with E-state index < -0.39 is 29.8 Å². The zero-order valence-corrected chi connectivity index (χ0v) is 19.0. The summed E-state index contributed by atoms with van der Waals surface area (Å²) in [6.45, 7) is 3.38. The summed E-state index contributed by atoms with van der Waals surface area (Å²) >= 11 is 0. The molecule has 3 aromatic rings. The number of fused-ring (bicyclic) bond motifs is 1. The van der Waals surface area contributed by atoms with Gasteiger partial charge in [-0.2, -0.15) is 0 Å². The lowest BCUT2D eigenvalue weighted by molar-refractivity contribution is -0.139. The number of aryl methyl sites for hydroxylation is 1. The molecule has 5 N–H and O–H groups in total. The molecule has 1 aliphatic heterocycles. The lowest BCUT2D eigenvalue weighted by Crippen LogP contribution is -2.42. The van der Waals surface area contributed by atoms with E-state index in [1.807, 2.05) is 6.07 Å². The Hall–Kier alpha value is -4.66. The number of anilines is 1. The number of H-pyrrole nitrogens is 1. The third kappa shape index (κ3) is 4.70. The quantitative estimate of drug-likeness (QED) is 0.333. The Kier molecular flexibility index (Phi) is 6.24. The van der Waals surface area contributed by atoms with Gasteiger partial charge in [0.05, 0.1) is 16.7 Å². The van der Waals surface area contributed by atoms with Crippen LogP contribution in [0, 0.1) is 13.8 Å². The Morgan fingerprint density at radius 1 is 1.06 bits per heavy atom. The highest BCUT2D eigenvalue weighted by atomic mass is 16.4. The topological polar surface area (TPSA) is 149 Å². The van der Waals surface area contributed by atoms with Crippen molar-refractivity contribution in [2.75, 3.05) is 5.32 Å². The number of aromatic amines is 1. The first-order valence-electron chi connectivity index (χ1n) is 10.8. The molecule has 0 saturated carbocycles. The third-order valence-electron chi connectivity index (χ3n) is 5.93. The Morgan fingerprint density at radius 3 is 2.43 bits per heavy atom. The summed E-state index contributed by atoms with van der Waals surface area (Å²) in [6, 6.07) is 12.2. The van der Waals surface area contributed by atoms with E-state index in [0.717, 1.165) is 5.56 Å². The molecular weight excluding hydrogens is 450 g/mol. The lowest BCUT2D eigenvalue weighted by Gasteiger charge is -2.15. The van der Waals surface area contributed by atoms with Crippen molar-refractivity contribution in [3.05, 3.63) is 87.7 Å². The number of amides is 2. The number of benzene rings is 2. The molecule has 9 heteroatoms. The molecule has 0 radical (unpaired) electrons. The minimum absolute atomic E-state index is 0.0451. The molecule has 0 bridgehead atoms. The van der Waals surface area contributed by atoms with Gasteiger partial charge in [0.1, 0.15) is 6.04 Å². The highest BCUT2D eigenvalue weighted by Gasteiger charge is 2.28. The molecule has 1 aromatic heterocycles. The molecule has 2 amide bonds. The summed E-state index contributed by atoms with van der Waals surface area (Å²) < 4.78 is 0. The second-order valence-electron chi connectivity index (χ2n) is 8.30. The molecule has 1 aliphatic rings. The predicted octanol–water partition coefficient (Wildman–Crippen LogP) is 3.25. The minimum atomic E-state index is -1.15. The highest BCUT2D eigenvalue weighted by Crippen LogP contribution is 2.34. The molecular formula is C26H23N3O6. The number of carboxylic acids is 2. The summed E-state index contributed by atoms with van der Waals surface area (Å²) in [6.07, 6.45) is 1.69. The molecule has 1 atom stereocenters. The smallest absolute Gasteiger partial charge is 0.335 e. The molecule has 2 heterocycles. The van der Waals surface area contributed by atoms with Crippen molar-refractivity contribution in [2.45, 2.75) is 26.3 Å². The van der Waals surface area contributed by atoms with E-state index in [9.17, 15) is 29.4 Å². The van der Waals surface area contributed by atoms with Gasteiger partial charge in [-0.25, -0.2) is 9.59 Å². The number of hydrogen-bond acceptors (Lipinski definition) is 4. The molecule has 0 fully saturated rings. The maximum Gasteiger partial charge on any atom is 0.335 e. The third-order valence-corrected chi connectivity index (χ3v) is 5.93. The fraction of sp³-hybridized carbons (Fsp3) is 0.154. The van der Waals surface area contributed by atoms with Gasteiger partial charge in [-0.05, 0) is 49.2 Å². The van der Waals surface area contributed by atoms with Crippen LogP contribution in [0.3, 0.4) is 0 Å². The van der Waals surface area contributed by atoms with Gasteiger partial charge >= 0.3 is 11.9 Å². The van der Waals surface area contributed by atoms with Gasteiger partial charge in [-0.15, -0.1) is 0 Å². The van der Waals surface area contributed by atoms with Crippen LogP contribution in [0.5, 0.6) is 0 Å². The summed E-state index contributed by atoms with van der Waals surface area (Å²) in [5.74, 6) is -3.20. The van der Waals surface area contributed by atoms with Crippen LogP contribution in [-0.2, 0) is 16.0 Å². The fourth-order valence-corrected chi connectivity index (χ4v) is 4.15. The van der Waals surface area contributed by atoms with Crippen LogP contribution in [-0.4, -0.2) is 45.0 Å². The average Bonchev–Trinajstić information content (AvgIpc) is 3.28. The van der Waals surface area contributed by atoms with E-state index in [-0.39, 0.29) is 23.1 Å². The van der Waals surface area contributed by atoms with Gasteiger partial charge in [0.15, 0.2) is 0 Å². The van der Waals surface area contributed by atoms with Crippen LogP contribution in [0.15, 0.2) is 48.5 Å². The number of carbonyl (C=O) groups excluding carboxylic acids is 2. The normalized spacial score (nSPS) is 14.3. The van der Waals surface area contributed by atoms with Crippen molar-refractivity contribution in [1.29, 1.82) is 0 Å². The molecule has 0 unspecified atom stereocenters. The maximum atomic E-state index is 13.1. The van der Waals surface area contributed by atoms with E-state index in [1.165, 1.54) is 18.2 Å². The monoisotopic (exact) mass is 473 g/mol. The van der Waals surface area contributed by atoms with Gasteiger partial charge < -0.3 is 25.8 Å². The number of aromatic nitrogens is 1. The fourth-order valence-electron chi connectivity index (χ4n) is 4.15. The van der Waals surface area contributed by atoms with Crippen LogP contribution in [0.1, 0.15) is 48.8 Å². The second kappa shape index (κ2) is 9.30. The zero-order chi connectivity index (χ0) is 25.3. The van der Waals surface area contributed by atoms with Crippen molar-refractivity contribution in [3.8, 4) is 0 Å². The molecule has 35 heavy (non-hydrogen) atoms. The second-order valence-corrected chi connectivity index (χ2v) is 8.30.